The van der Waals surface area contributed by atoms with Crippen LogP contribution in [-0.2, 0) is 0 Å². The van der Waals surface area contributed by atoms with Gasteiger partial charge in [0, 0.05) is 17.5 Å². The van der Waals surface area contributed by atoms with Crippen LogP contribution >= 0.6 is 0 Å². The molecule has 0 saturated heterocycles. The first-order chi connectivity index (χ1) is 9.68. The van der Waals surface area contributed by atoms with Crippen molar-refractivity contribution in [3.05, 3.63) is 70.3 Å². The van der Waals surface area contributed by atoms with Crippen LogP contribution in [0.3, 0.4) is 0 Å². The van der Waals surface area contributed by atoms with Gasteiger partial charge >= 0.3 is 5.69 Å². The number of benzene rings is 1. The van der Waals surface area contributed by atoms with Crippen molar-refractivity contribution < 1.29 is 9.34 Å². The zero-order valence-corrected chi connectivity index (χ0v) is 10.8. The summed E-state index contributed by atoms with van der Waals surface area (Å²) in [6.07, 6.45) is 3.07. The molecule has 1 aromatic carbocycles. The van der Waals surface area contributed by atoms with Gasteiger partial charge in [-0.2, -0.15) is 0 Å². The second kappa shape index (κ2) is 4.77. The van der Waals surface area contributed by atoms with E-state index < -0.39 is 4.92 Å². The molecule has 0 amide bonds. The van der Waals surface area contributed by atoms with Crippen LogP contribution in [0.5, 0.6) is 0 Å². The third-order valence-corrected chi connectivity index (χ3v) is 3.41. The number of hydrogen-bond acceptors (Lipinski definition) is 4. The van der Waals surface area contributed by atoms with Gasteiger partial charge in [0.25, 0.3) is 0 Å². The van der Waals surface area contributed by atoms with Crippen molar-refractivity contribution in [2.75, 3.05) is 0 Å². The average Bonchev–Trinajstić information content (AvgIpc) is 2.95. The van der Waals surface area contributed by atoms with Gasteiger partial charge in [0.1, 0.15) is 0 Å². The molecule has 0 spiro atoms. The number of furan rings is 1. The molecule has 1 atom stereocenters. The fraction of sp³-hybridized carbons (Fsp3) is 0.133. The molecule has 5 nitrogen and oxygen atoms in total. The molecule has 2 heterocycles. The smallest absolute Gasteiger partial charge is 0.310 e. The molecule has 0 aliphatic carbocycles. The van der Waals surface area contributed by atoms with Gasteiger partial charge in [0.2, 0.25) is 0 Å². The summed E-state index contributed by atoms with van der Waals surface area (Å²) in [5.74, 6) is 0.157. The largest absolute Gasteiger partial charge is 0.461 e. The summed E-state index contributed by atoms with van der Waals surface area (Å²) in [4.78, 5) is 14.9. The van der Waals surface area contributed by atoms with Crippen LogP contribution in [0.25, 0.3) is 10.9 Å². The van der Waals surface area contributed by atoms with Crippen LogP contribution in [0.4, 0.5) is 5.69 Å². The maximum absolute atomic E-state index is 11.0. The van der Waals surface area contributed by atoms with E-state index in [9.17, 15) is 10.1 Å². The summed E-state index contributed by atoms with van der Waals surface area (Å²) in [5.41, 5.74) is 1.85. The number of nitrogens with zero attached hydrogens (tertiary/aromatic N) is 2. The Kier molecular flexibility index (Phi) is 2.95. The Hall–Kier alpha value is -2.69. The van der Waals surface area contributed by atoms with Gasteiger partial charge in [-0.15, -0.1) is 0 Å². The highest BCUT2D eigenvalue weighted by atomic mass is 16.6. The van der Waals surface area contributed by atoms with E-state index >= 15 is 0 Å². The molecule has 0 aliphatic heterocycles. The normalized spacial score (nSPS) is 12.4. The lowest BCUT2D eigenvalue weighted by Gasteiger charge is -2.11. The van der Waals surface area contributed by atoms with Gasteiger partial charge in [0.15, 0.2) is 5.76 Å². The third kappa shape index (κ3) is 1.93. The topological polar surface area (TPSA) is 69.2 Å². The maximum atomic E-state index is 11.0. The quantitative estimate of drug-likeness (QED) is 0.533. The number of nitro groups is 1. The van der Waals surface area contributed by atoms with E-state index in [4.69, 9.17) is 4.42 Å². The molecule has 20 heavy (non-hydrogen) atoms. The third-order valence-electron chi connectivity index (χ3n) is 3.41. The van der Waals surface area contributed by atoms with Crippen molar-refractivity contribution in [3.63, 3.8) is 0 Å². The van der Waals surface area contributed by atoms with E-state index in [1.54, 1.807) is 6.20 Å². The lowest BCUT2D eigenvalue weighted by Crippen LogP contribution is -2.00. The Bertz CT molecular complexity index is 774. The monoisotopic (exact) mass is 268 g/mol. The first-order valence-electron chi connectivity index (χ1n) is 6.24. The van der Waals surface area contributed by atoms with E-state index in [0.717, 1.165) is 16.5 Å². The predicted molar refractivity (Wildman–Crippen MR) is 74.6 cm³/mol. The number of pyridine rings is 1. The van der Waals surface area contributed by atoms with Crippen molar-refractivity contribution >= 4 is 16.6 Å². The highest BCUT2D eigenvalue weighted by Crippen LogP contribution is 2.34. The molecule has 0 aliphatic rings. The summed E-state index contributed by atoms with van der Waals surface area (Å²) < 4.78 is 5.33. The van der Waals surface area contributed by atoms with Gasteiger partial charge in [-0.25, -0.2) is 0 Å². The molecule has 0 bridgehead atoms. The van der Waals surface area contributed by atoms with E-state index in [1.165, 1.54) is 12.3 Å². The number of fused-ring (bicyclic) bond motifs is 1. The van der Waals surface area contributed by atoms with Crippen molar-refractivity contribution in [1.29, 1.82) is 0 Å². The van der Waals surface area contributed by atoms with Gasteiger partial charge in [-0.1, -0.05) is 25.1 Å². The Morgan fingerprint density at radius 1 is 1.25 bits per heavy atom. The zero-order valence-electron chi connectivity index (χ0n) is 10.8. The fourth-order valence-electron chi connectivity index (χ4n) is 2.43. The lowest BCUT2D eigenvalue weighted by molar-refractivity contribution is -0.386. The van der Waals surface area contributed by atoms with E-state index in [2.05, 4.69) is 4.98 Å². The number of rotatable bonds is 3. The minimum atomic E-state index is -0.418. The van der Waals surface area contributed by atoms with E-state index in [0.29, 0.717) is 5.76 Å². The molecule has 100 valence electrons. The highest BCUT2D eigenvalue weighted by Gasteiger charge is 2.25. The Balaban J connectivity index is 2.15. The zero-order chi connectivity index (χ0) is 14.1. The van der Waals surface area contributed by atoms with Gasteiger partial charge < -0.3 is 4.42 Å². The predicted octanol–water partition coefficient (Wildman–Crippen LogP) is 3.89. The summed E-state index contributed by atoms with van der Waals surface area (Å²) >= 11 is 0. The first-order valence-corrected chi connectivity index (χ1v) is 6.24. The van der Waals surface area contributed by atoms with Crippen LogP contribution in [0.2, 0.25) is 0 Å². The van der Waals surface area contributed by atoms with Gasteiger partial charge in [-0.05, 0) is 17.7 Å². The molecule has 3 aromatic rings. The molecule has 0 radical (unpaired) electrons. The van der Waals surface area contributed by atoms with Crippen LogP contribution < -0.4 is 0 Å². The molecule has 0 saturated carbocycles. The molecule has 0 fully saturated rings. The van der Waals surface area contributed by atoms with Crippen molar-refractivity contribution in [1.82, 2.24) is 4.98 Å². The summed E-state index contributed by atoms with van der Waals surface area (Å²) in [5, 5.41) is 12.0. The van der Waals surface area contributed by atoms with Gasteiger partial charge in [-0.3, -0.25) is 15.1 Å². The Morgan fingerprint density at radius 3 is 2.85 bits per heavy atom. The van der Waals surface area contributed by atoms with Crippen molar-refractivity contribution in [2.45, 2.75) is 12.8 Å². The molecule has 1 unspecified atom stereocenters. The number of hydrogen-bond donors (Lipinski definition) is 0. The van der Waals surface area contributed by atoms with E-state index in [-0.39, 0.29) is 11.6 Å². The molecule has 0 N–H and O–H groups in total. The molecule has 2 aromatic heterocycles. The second-order valence-electron chi connectivity index (χ2n) is 4.57. The highest BCUT2D eigenvalue weighted by molar-refractivity contribution is 5.82. The number of aromatic nitrogens is 1. The Labute approximate surface area is 115 Å². The SMILES string of the molecule is CC(c1occc1[N+](=O)[O-])c1ccnc2ccccc12. The standard InChI is InChI=1S/C15H12N2O3/c1-10(15-14(17(18)19)7-9-20-15)11-6-8-16-13-5-3-2-4-12(11)13/h2-10H,1H3. The molecular formula is C15H12N2O3. The van der Waals surface area contributed by atoms with Crippen LogP contribution in [0, 0.1) is 10.1 Å². The maximum Gasteiger partial charge on any atom is 0.310 e. The van der Waals surface area contributed by atoms with E-state index in [1.807, 2.05) is 37.3 Å². The molecule has 5 heteroatoms. The molecular weight excluding hydrogens is 256 g/mol. The van der Waals surface area contributed by atoms with Crippen LogP contribution in [0.1, 0.15) is 24.2 Å². The second-order valence-corrected chi connectivity index (χ2v) is 4.57. The summed E-state index contributed by atoms with van der Waals surface area (Å²) in [6, 6.07) is 11.0. The Morgan fingerprint density at radius 2 is 2.05 bits per heavy atom. The summed E-state index contributed by atoms with van der Waals surface area (Å²) in [6.45, 7) is 1.90. The minimum Gasteiger partial charge on any atom is -0.461 e. The lowest BCUT2D eigenvalue weighted by atomic mass is 9.94. The molecule has 3 rings (SSSR count). The van der Waals surface area contributed by atoms with Gasteiger partial charge in [0.05, 0.1) is 22.8 Å². The first kappa shape index (κ1) is 12.3. The summed E-state index contributed by atoms with van der Waals surface area (Å²) in [7, 11) is 0. The van der Waals surface area contributed by atoms with Crippen LogP contribution in [0.15, 0.2) is 53.3 Å². The fourth-order valence-corrected chi connectivity index (χ4v) is 2.43. The number of para-hydroxylation sites is 1. The van der Waals surface area contributed by atoms with Crippen LogP contribution in [-0.4, -0.2) is 9.91 Å². The van der Waals surface area contributed by atoms with Crippen molar-refractivity contribution in [3.8, 4) is 0 Å². The minimum absolute atomic E-state index is 0.0124. The van der Waals surface area contributed by atoms with Crippen molar-refractivity contribution in [2.24, 2.45) is 0 Å². The average molecular weight is 268 g/mol.